The summed E-state index contributed by atoms with van der Waals surface area (Å²) in [5.74, 6) is -0.399. The van der Waals surface area contributed by atoms with Gasteiger partial charge in [-0.25, -0.2) is 0 Å². The average Bonchev–Trinajstić information content (AvgIpc) is 3.10. The van der Waals surface area contributed by atoms with Crippen molar-refractivity contribution in [1.29, 1.82) is 0 Å². The molecule has 0 bridgehead atoms. The Hall–Kier alpha value is -2.86. The van der Waals surface area contributed by atoms with Crippen molar-refractivity contribution in [3.63, 3.8) is 0 Å². The number of morpholine rings is 1. The highest BCUT2D eigenvalue weighted by atomic mass is 16.5. The second-order valence-electron chi connectivity index (χ2n) is 8.03. The maximum absolute atomic E-state index is 13.7. The number of Topliss-reactive ketones (excluding diaryl/α,β-unsaturated/α-hetero) is 1. The van der Waals surface area contributed by atoms with Crippen LogP contribution in [-0.2, 0) is 15.1 Å². The van der Waals surface area contributed by atoms with E-state index in [9.17, 15) is 4.79 Å². The lowest BCUT2D eigenvalue weighted by Crippen LogP contribution is -2.42. The van der Waals surface area contributed by atoms with E-state index in [-0.39, 0.29) is 5.78 Å². The molecule has 158 valence electrons. The zero-order chi connectivity index (χ0) is 21.1. The molecule has 5 heteroatoms. The van der Waals surface area contributed by atoms with E-state index in [1.54, 1.807) is 12.4 Å². The van der Waals surface area contributed by atoms with Crippen LogP contribution in [-0.4, -0.2) is 55.1 Å². The molecule has 1 fully saturated rings. The molecule has 1 saturated heterocycles. The Morgan fingerprint density at radius 2 is 1.77 bits per heavy atom. The van der Waals surface area contributed by atoms with Crippen molar-refractivity contribution in [3.05, 3.63) is 101 Å². The predicted octanol–water partition coefficient (Wildman–Crippen LogP) is 3.65. The molecule has 1 aliphatic carbocycles. The van der Waals surface area contributed by atoms with E-state index in [0.717, 1.165) is 55.1 Å². The van der Waals surface area contributed by atoms with Crippen LogP contribution in [0.5, 0.6) is 0 Å². The van der Waals surface area contributed by atoms with Gasteiger partial charge in [-0.15, -0.1) is 0 Å². The molecule has 0 spiro atoms. The van der Waals surface area contributed by atoms with Gasteiger partial charge in [-0.2, -0.15) is 0 Å². The summed E-state index contributed by atoms with van der Waals surface area (Å²) in [4.78, 5) is 20.4. The number of rotatable bonds is 6. The zero-order valence-electron chi connectivity index (χ0n) is 17.4. The van der Waals surface area contributed by atoms with Gasteiger partial charge in [0.1, 0.15) is 5.60 Å². The van der Waals surface area contributed by atoms with Crippen LogP contribution in [0, 0.1) is 0 Å². The molecule has 0 N–H and O–H groups in total. The van der Waals surface area contributed by atoms with Gasteiger partial charge in [0.2, 0.25) is 0 Å². The summed E-state index contributed by atoms with van der Waals surface area (Å²) in [5.41, 5.74) is 2.64. The summed E-state index contributed by atoms with van der Waals surface area (Å²) >= 11 is 0. The van der Waals surface area contributed by atoms with Crippen LogP contribution < -0.4 is 0 Å². The van der Waals surface area contributed by atoms with Gasteiger partial charge in [-0.1, -0.05) is 60.7 Å². The first-order valence-corrected chi connectivity index (χ1v) is 10.8. The fourth-order valence-electron chi connectivity index (χ4n) is 4.86. The first kappa shape index (κ1) is 20.1. The molecule has 2 unspecified atom stereocenters. The summed E-state index contributed by atoms with van der Waals surface area (Å²) < 4.78 is 12.3. The molecule has 2 aliphatic rings. The van der Waals surface area contributed by atoms with Crippen molar-refractivity contribution in [3.8, 4) is 0 Å². The molecule has 2 heterocycles. The number of aromatic nitrogens is 1. The predicted molar refractivity (Wildman–Crippen MR) is 118 cm³/mol. The van der Waals surface area contributed by atoms with E-state index >= 15 is 0 Å². The van der Waals surface area contributed by atoms with Gasteiger partial charge in [-0.05, 0) is 17.2 Å². The lowest BCUT2D eigenvalue weighted by Gasteiger charge is -2.37. The van der Waals surface area contributed by atoms with Crippen LogP contribution in [0.4, 0.5) is 0 Å². The Balaban J connectivity index is 1.60. The normalized spacial score (nSPS) is 23.6. The molecule has 5 rings (SSSR count). The maximum atomic E-state index is 13.7. The van der Waals surface area contributed by atoms with Gasteiger partial charge in [-0.3, -0.25) is 14.7 Å². The lowest BCUT2D eigenvalue weighted by molar-refractivity contribution is -0.0453. The molecule has 0 radical (unpaired) electrons. The van der Waals surface area contributed by atoms with Crippen molar-refractivity contribution in [2.75, 3.05) is 39.5 Å². The van der Waals surface area contributed by atoms with Crippen LogP contribution in [0.1, 0.15) is 33.0 Å². The highest BCUT2D eigenvalue weighted by molar-refractivity contribution is 6.07. The van der Waals surface area contributed by atoms with Gasteiger partial charge in [0.15, 0.2) is 5.78 Å². The maximum Gasteiger partial charge on any atom is 0.174 e. The Morgan fingerprint density at radius 3 is 2.55 bits per heavy atom. The SMILES string of the molecule is O=C1c2ccccc2C(OCCN2CCOCC2)(c2ccccc2)C1c1cccnc1. The second kappa shape index (κ2) is 8.71. The third-order valence-corrected chi connectivity index (χ3v) is 6.32. The molecule has 2 atom stereocenters. The van der Waals surface area contributed by atoms with Gasteiger partial charge in [0, 0.05) is 43.2 Å². The number of carbonyl (C=O) groups is 1. The van der Waals surface area contributed by atoms with Crippen LogP contribution >= 0.6 is 0 Å². The van der Waals surface area contributed by atoms with E-state index in [1.807, 2.05) is 54.6 Å². The minimum absolute atomic E-state index is 0.0822. The molecular weight excluding hydrogens is 388 g/mol. The van der Waals surface area contributed by atoms with Crippen LogP contribution in [0.3, 0.4) is 0 Å². The number of hydrogen-bond donors (Lipinski definition) is 0. The van der Waals surface area contributed by atoms with Gasteiger partial charge < -0.3 is 9.47 Å². The molecule has 1 aliphatic heterocycles. The molecule has 1 aromatic heterocycles. The summed E-state index contributed by atoms with van der Waals surface area (Å²) in [6.07, 6.45) is 3.52. The molecule has 0 amide bonds. The quantitative estimate of drug-likeness (QED) is 0.616. The number of ether oxygens (including phenoxy) is 2. The van der Waals surface area contributed by atoms with Gasteiger partial charge >= 0.3 is 0 Å². The highest BCUT2D eigenvalue weighted by Crippen LogP contribution is 2.53. The molecule has 3 aromatic rings. The monoisotopic (exact) mass is 414 g/mol. The number of hydrogen-bond acceptors (Lipinski definition) is 5. The Kier molecular flexibility index (Phi) is 5.64. The second-order valence-corrected chi connectivity index (χ2v) is 8.03. The fraction of sp³-hybridized carbons (Fsp3) is 0.308. The summed E-state index contributed by atoms with van der Waals surface area (Å²) in [7, 11) is 0. The summed E-state index contributed by atoms with van der Waals surface area (Å²) in [6.45, 7) is 4.64. The molecule has 31 heavy (non-hydrogen) atoms. The van der Waals surface area contributed by atoms with E-state index < -0.39 is 11.5 Å². The van der Waals surface area contributed by atoms with Crippen molar-refractivity contribution in [1.82, 2.24) is 9.88 Å². The molecule has 5 nitrogen and oxygen atoms in total. The first-order valence-electron chi connectivity index (χ1n) is 10.8. The van der Waals surface area contributed by atoms with Gasteiger partial charge in [0.25, 0.3) is 0 Å². The van der Waals surface area contributed by atoms with E-state index in [2.05, 4.69) is 22.0 Å². The largest absolute Gasteiger partial charge is 0.379 e. The van der Waals surface area contributed by atoms with Crippen LogP contribution in [0.15, 0.2) is 79.1 Å². The highest BCUT2D eigenvalue weighted by Gasteiger charge is 2.55. The van der Waals surface area contributed by atoms with E-state index in [1.165, 1.54) is 0 Å². The van der Waals surface area contributed by atoms with E-state index in [0.29, 0.717) is 6.61 Å². The van der Waals surface area contributed by atoms with Crippen molar-refractivity contribution in [2.45, 2.75) is 11.5 Å². The summed E-state index contributed by atoms with van der Waals surface area (Å²) in [6, 6.07) is 21.9. The van der Waals surface area contributed by atoms with Crippen LogP contribution in [0.25, 0.3) is 0 Å². The third-order valence-electron chi connectivity index (χ3n) is 6.32. The lowest BCUT2D eigenvalue weighted by atomic mass is 9.77. The molecule has 0 saturated carbocycles. The molecular formula is C26H26N2O3. The Morgan fingerprint density at radius 1 is 1.00 bits per heavy atom. The summed E-state index contributed by atoms with van der Waals surface area (Å²) in [5, 5.41) is 0. The number of fused-ring (bicyclic) bond motifs is 1. The topological polar surface area (TPSA) is 51.7 Å². The Labute approximate surface area is 182 Å². The van der Waals surface area contributed by atoms with Crippen LogP contribution in [0.2, 0.25) is 0 Å². The van der Waals surface area contributed by atoms with Crippen molar-refractivity contribution in [2.24, 2.45) is 0 Å². The smallest absolute Gasteiger partial charge is 0.174 e. The number of ketones is 1. The Bertz CT molecular complexity index is 1030. The number of pyridine rings is 1. The zero-order valence-corrected chi connectivity index (χ0v) is 17.4. The van der Waals surface area contributed by atoms with Crippen molar-refractivity contribution >= 4 is 5.78 Å². The fourth-order valence-corrected chi connectivity index (χ4v) is 4.86. The minimum atomic E-state index is -0.885. The van der Waals surface area contributed by atoms with Crippen molar-refractivity contribution < 1.29 is 14.3 Å². The van der Waals surface area contributed by atoms with Gasteiger partial charge in [0.05, 0.1) is 25.7 Å². The number of benzene rings is 2. The number of carbonyl (C=O) groups excluding carboxylic acids is 1. The molecule has 2 aromatic carbocycles. The average molecular weight is 415 g/mol. The first-order chi connectivity index (χ1) is 15.3. The standard InChI is InChI=1S/C26H26N2O3/c29-25-22-10-4-5-11-23(22)26(21-8-2-1-3-9-21,24(25)20-7-6-12-27-19-20)31-18-15-28-13-16-30-17-14-28/h1-12,19,24H,13-18H2. The number of nitrogens with zero attached hydrogens (tertiary/aromatic N) is 2. The minimum Gasteiger partial charge on any atom is -0.379 e. The van der Waals surface area contributed by atoms with E-state index in [4.69, 9.17) is 9.47 Å². The third kappa shape index (κ3) is 3.59.